The fraction of sp³-hybridized carbons (Fsp3) is 0.529. The van der Waals surface area contributed by atoms with Crippen molar-refractivity contribution in [1.82, 2.24) is 5.32 Å². The van der Waals surface area contributed by atoms with Crippen LogP contribution in [0.25, 0.3) is 11.0 Å². The summed E-state index contributed by atoms with van der Waals surface area (Å²) in [6.07, 6.45) is 0.908. The molecule has 0 aliphatic heterocycles. The third-order valence-electron chi connectivity index (χ3n) is 3.41. The number of nitrogens with one attached hydrogen (secondary N) is 1. The average Bonchev–Trinajstić information content (AvgIpc) is 2.65. The maximum atomic E-state index is 13.7. The molecular formula is C17H24FNO. The van der Waals surface area contributed by atoms with Gasteiger partial charge in [0.25, 0.3) is 0 Å². The number of halogens is 1. The van der Waals surface area contributed by atoms with Crippen LogP contribution < -0.4 is 5.32 Å². The molecule has 2 rings (SSSR count). The summed E-state index contributed by atoms with van der Waals surface area (Å²) in [6, 6.07) is 3.53. The summed E-state index contributed by atoms with van der Waals surface area (Å²) in [4.78, 5) is 0. The van der Waals surface area contributed by atoms with Crippen LogP contribution in [0.15, 0.2) is 16.5 Å². The first-order chi connectivity index (χ1) is 9.38. The summed E-state index contributed by atoms with van der Waals surface area (Å²) < 4.78 is 19.7. The van der Waals surface area contributed by atoms with Crippen LogP contribution in [0, 0.1) is 18.7 Å². The maximum Gasteiger partial charge on any atom is 0.137 e. The third kappa shape index (κ3) is 3.21. The fourth-order valence-electron chi connectivity index (χ4n) is 2.50. The van der Waals surface area contributed by atoms with Gasteiger partial charge in [-0.05, 0) is 37.0 Å². The minimum atomic E-state index is -0.191. The van der Waals surface area contributed by atoms with Crippen molar-refractivity contribution in [2.24, 2.45) is 5.92 Å². The second kappa shape index (κ2) is 5.96. The van der Waals surface area contributed by atoms with E-state index in [0.717, 1.165) is 34.3 Å². The Morgan fingerprint density at radius 2 is 1.90 bits per heavy atom. The van der Waals surface area contributed by atoms with Gasteiger partial charge in [-0.25, -0.2) is 4.39 Å². The minimum Gasteiger partial charge on any atom is -0.459 e. The van der Waals surface area contributed by atoms with Crippen LogP contribution >= 0.6 is 0 Å². The van der Waals surface area contributed by atoms with Gasteiger partial charge in [0.1, 0.15) is 17.2 Å². The zero-order chi connectivity index (χ0) is 14.9. The van der Waals surface area contributed by atoms with Gasteiger partial charge in [0.15, 0.2) is 0 Å². The van der Waals surface area contributed by atoms with E-state index in [1.165, 1.54) is 6.07 Å². The number of benzene rings is 1. The van der Waals surface area contributed by atoms with Crippen LogP contribution in [-0.2, 0) is 13.0 Å². The highest BCUT2D eigenvalue weighted by atomic mass is 19.1. The molecule has 0 aliphatic carbocycles. The van der Waals surface area contributed by atoms with Crippen molar-refractivity contribution >= 4 is 11.0 Å². The Morgan fingerprint density at radius 1 is 1.20 bits per heavy atom. The molecule has 0 amide bonds. The standard InChI is InChI=1S/C17H24FNO/c1-10(2)6-14-15-8-13(18)7-12(5)17(15)20-16(14)9-19-11(3)4/h7-8,10-11,19H,6,9H2,1-5H3. The zero-order valence-electron chi connectivity index (χ0n) is 13.0. The van der Waals surface area contributed by atoms with Gasteiger partial charge in [-0.1, -0.05) is 27.7 Å². The Morgan fingerprint density at radius 3 is 2.50 bits per heavy atom. The lowest BCUT2D eigenvalue weighted by molar-refractivity contribution is 0.477. The molecule has 0 bridgehead atoms. The number of fused-ring (bicyclic) bond motifs is 1. The van der Waals surface area contributed by atoms with Crippen molar-refractivity contribution in [2.75, 3.05) is 0 Å². The third-order valence-corrected chi connectivity index (χ3v) is 3.41. The maximum absolute atomic E-state index is 13.7. The van der Waals surface area contributed by atoms with Gasteiger partial charge in [0.2, 0.25) is 0 Å². The summed E-state index contributed by atoms with van der Waals surface area (Å²) in [6.45, 7) is 11.1. The molecular weight excluding hydrogens is 253 g/mol. The summed E-state index contributed by atoms with van der Waals surface area (Å²) in [5.41, 5.74) is 2.83. The quantitative estimate of drug-likeness (QED) is 0.865. The number of hydrogen-bond acceptors (Lipinski definition) is 2. The lowest BCUT2D eigenvalue weighted by atomic mass is 9.98. The van der Waals surface area contributed by atoms with E-state index in [2.05, 4.69) is 33.0 Å². The van der Waals surface area contributed by atoms with Crippen molar-refractivity contribution < 1.29 is 8.81 Å². The van der Waals surface area contributed by atoms with Crippen LogP contribution in [0.2, 0.25) is 0 Å². The molecule has 3 heteroatoms. The molecule has 0 fully saturated rings. The predicted molar refractivity (Wildman–Crippen MR) is 81.4 cm³/mol. The molecule has 1 N–H and O–H groups in total. The van der Waals surface area contributed by atoms with E-state index in [4.69, 9.17) is 4.42 Å². The van der Waals surface area contributed by atoms with Crippen LogP contribution in [0.5, 0.6) is 0 Å². The van der Waals surface area contributed by atoms with Crippen molar-refractivity contribution in [2.45, 2.75) is 53.6 Å². The topological polar surface area (TPSA) is 25.2 Å². The van der Waals surface area contributed by atoms with Crippen molar-refractivity contribution in [3.8, 4) is 0 Å². The predicted octanol–water partition coefficient (Wildman–Crippen LogP) is 4.58. The Bertz CT molecular complexity index is 599. The highest BCUT2D eigenvalue weighted by molar-refractivity contribution is 5.85. The Labute approximate surface area is 120 Å². The fourth-order valence-corrected chi connectivity index (χ4v) is 2.50. The monoisotopic (exact) mass is 277 g/mol. The summed E-state index contributed by atoms with van der Waals surface area (Å²) in [7, 11) is 0. The lowest BCUT2D eigenvalue weighted by Crippen LogP contribution is -2.22. The SMILES string of the molecule is Cc1cc(F)cc2c(CC(C)C)c(CNC(C)C)oc12. The molecule has 0 aliphatic rings. The Hall–Kier alpha value is -1.35. The van der Waals surface area contributed by atoms with Crippen molar-refractivity contribution in [3.05, 3.63) is 34.8 Å². The van der Waals surface area contributed by atoms with Gasteiger partial charge in [-0.2, -0.15) is 0 Å². The highest BCUT2D eigenvalue weighted by Gasteiger charge is 2.17. The van der Waals surface area contributed by atoms with Crippen molar-refractivity contribution in [1.29, 1.82) is 0 Å². The second-order valence-corrected chi connectivity index (χ2v) is 6.24. The van der Waals surface area contributed by atoms with Gasteiger partial charge in [-0.15, -0.1) is 0 Å². The minimum absolute atomic E-state index is 0.191. The smallest absolute Gasteiger partial charge is 0.137 e. The first-order valence-corrected chi connectivity index (χ1v) is 7.32. The molecule has 0 spiro atoms. The van der Waals surface area contributed by atoms with E-state index in [0.29, 0.717) is 18.5 Å². The van der Waals surface area contributed by atoms with Crippen LogP contribution in [0.3, 0.4) is 0 Å². The Kier molecular flexibility index (Phi) is 4.48. The highest BCUT2D eigenvalue weighted by Crippen LogP contribution is 2.31. The summed E-state index contributed by atoms with van der Waals surface area (Å²) in [5, 5.41) is 4.31. The average molecular weight is 277 g/mol. The van der Waals surface area contributed by atoms with Gasteiger partial charge < -0.3 is 9.73 Å². The number of aryl methyl sites for hydroxylation is 1. The zero-order valence-corrected chi connectivity index (χ0v) is 13.0. The molecule has 110 valence electrons. The normalized spacial score (nSPS) is 12.0. The van der Waals surface area contributed by atoms with E-state index in [1.54, 1.807) is 6.07 Å². The van der Waals surface area contributed by atoms with Gasteiger partial charge in [0, 0.05) is 17.0 Å². The molecule has 20 heavy (non-hydrogen) atoms. The van der Waals surface area contributed by atoms with Crippen LogP contribution in [0.4, 0.5) is 4.39 Å². The summed E-state index contributed by atoms with van der Waals surface area (Å²) in [5.74, 6) is 1.26. The van der Waals surface area contributed by atoms with E-state index in [1.807, 2.05) is 6.92 Å². The van der Waals surface area contributed by atoms with E-state index in [-0.39, 0.29) is 5.82 Å². The molecule has 2 aromatic rings. The van der Waals surface area contributed by atoms with E-state index >= 15 is 0 Å². The van der Waals surface area contributed by atoms with E-state index in [9.17, 15) is 4.39 Å². The molecule has 0 saturated carbocycles. The molecule has 0 radical (unpaired) electrons. The first-order valence-electron chi connectivity index (χ1n) is 7.32. The molecule has 1 heterocycles. The number of furan rings is 1. The summed E-state index contributed by atoms with van der Waals surface area (Å²) >= 11 is 0. The van der Waals surface area contributed by atoms with Gasteiger partial charge >= 0.3 is 0 Å². The second-order valence-electron chi connectivity index (χ2n) is 6.24. The Balaban J connectivity index is 2.51. The van der Waals surface area contributed by atoms with Crippen molar-refractivity contribution in [3.63, 3.8) is 0 Å². The molecule has 0 saturated heterocycles. The van der Waals surface area contributed by atoms with E-state index < -0.39 is 0 Å². The number of rotatable bonds is 5. The number of hydrogen-bond donors (Lipinski definition) is 1. The molecule has 1 aromatic carbocycles. The first kappa shape index (κ1) is 15.0. The molecule has 0 unspecified atom stereocenters. The largest absolute Gasteiger partial charge is 0.459 e. The van der Waals surface area contributed by atoms with Gasteiger partial charge in [-0.3, -0.25) is 0 Å². The molecule has 1 aromatic heterocycles. The molecule has 0 atom stereocenters. The van der Waals surface area contributed by atoms with Crippen LogP contribution in [0.1, 0.15) is 44.6 Å². The van der Waals surface area contributed by atoms with Crippen LogP contribution in [-0.4, -0.2) is 6.04 Å². The van der Waals surface area contributed by atoms with Gasteiger partial charge in [0.05, 0.1) is 6.54 Å². The molecule has 2 nitrogen and oxygen atoms in total. The lowest BCUT2D eigenvalue weighted by Gasteiger charge is -2.09.